The summed E-state index contributed by atoms with van der Waals surface area (Å²) in [5, 5.41) is 3.39. The van der Waals surface area contributed by atoms with Crippen LogP contribution in [0.2, 0.25) is 5.02 Å². The molecule has 1 N–H and O–H groups in total. The number of halogens is 2. The van der Waals surface area contributed by atoms with Gasteiger partial charge in [-0.3, -0.25) is 0 Å². The number of hydrogen-bond donors (Lipinski definition) is 1. The number of hydrogen-bond acceptors (Lipinski definition) is 2. The van der Waals surface area contributed by atoms with E-state index in [4.69, 9.17) is 11.6 Å². The van der Waals surface area contributed by atoms with E-state index in [0.29, 0.717) is 6.54 Å². The number of aromatic nitrogens is 2. The van der Waals surface area contributed by atoms with E-state index in [2.05, 4.69) is 24.1 Å². The average Bonchev–Trinajstić information content (AvgIpc) is 2.83. The Morgan fingerprint density at radius 1 is 1.42 bits per heavy atom. The molecular weight excluding hydrogens is 265 g/mol. The third-order valence-corrected chi connectivity index (χ3v) is 3.60. The van der Waals surface area contributed by atoms with Crippen molar-refractivity contribution in [3.63, 3.8) is 0 Å². The maximum absolute atomic E-state index is 13.1. The molecule has 0 spiro atoms. The van der Waals surface area contributed by atoms with Gasteiger partial charge in [0.05, 0.1) is 28.8 Å². The van der Waals surface area contributed by atoms with Crippen molar-refractivity contribution < 1.29 is 4.39 Å². The zero-order chi connectivity index (χ0) is 14.0. The highest BCUT2D eigenvalue weighted by Crippen LogP contribution is 2.21. The second kappa shape index (κ2) is 5.31. The van der Waals surface area contributed by atoms with Crippen LogP contribution in [0.4, 0.5) is 4.39 Å². The summed E-state index contributed by atoms with van der Waals surface area (Å²) in [6.45, 7) is 4.77. The molecule has 5 heteroatoms. The molecule has 1 aromatic carbocycles. The molecule has 0 radical (unpaired) electrons. The standard InChI is InChI=1S/C14H17ClFN3/c1-14(2,17-3)13-7-18-9-19(13)8-10-4-5-12(16)11(15)6-10/h4-7,9,17H,8H2,1-3H3. The number of benzene rings is 1. The van der Waals surface area contributed by atoms with Gasteiger partial charge in [0.15, 0.2) is 0 Å². The lowest BCUT2D eigenvalue weighted by Gasteiger charge is -2.25. The van der Waals surface area contributed by atoms with Gasteiger partial charge in [-0.15, -0.1) is 0 Å². The summed E-state index contributed by atoms with van der Waals surface area (Å²) < 4.78 is 15.2. The van der Waals surface area contributed by atoms with Crippen molar-refractivity contribution in [1.29, 1.82) is 0 Å². The van der Waals surface area contributed by atoms with Gasteiger partial charge < -0.3 is 9.88 Å². The summed E-state index contributed by atoms with van der Waals surface area (Å²) in [6, 6.07) is 4.77. The summed E-state index contributed by atoms with van der Waals surface area (Å²) in [7, 11) is 1.91. The Bertz CT molecular complexity index is 578. The van der Waals surface area contributed by atoms with Crippen molar-refractivity contribution in [2.24, 2.45) is 0 Å². The summed E-state index contributed by atoms with van der Waals surface area (Å²) in [5.74, 6) is -0.396. The van der Waals surface area contributed by atoms with Crippen LogP contribution in [-0.2, 0) is 12.1 Å². The van der Waals surface area contributed by atoms with Crippen LogP contribution in [-0.4, -0.2) is 16.6 Å². The molecule has 3 nitrogen and oxygen atoms in total. The van der Waals surface area contributed by atoms with E-state index in [-0.39, 0.29) is 10.6 Å². The topological polar surface area (TPSA) is 29.9 Å². The molecule has 1 aromatic heterocycles. The molecule has 0 aliphatic heterocycles. The predicted molar refractivity (Wildman–Crippen MR) is 74.8 cm³/mol. The van der Waals surface area contributed by atoms with E-state index in [1.165, 1.54) is 6.07 Å². The number of imidazole rings is 1. The van der Waals surface area contributed by atoms with Gasteiger partial charge in [-0.05, 0) is 38.6 Å². The van der Waals surface area contributed by atoms with Gasteiger partial charge in [-0.25, -0.2) is 9.37 Å². The predicted octanol–water partition coefficient (Wildman–Crippen LogP) is 3.18. The Labute approximate surface area is 117 Å². The lowest BCUT2D eigenvalue weighted by molar-refractivity contribution is 0.413. The van der Waals surface area contributed by atoms with Gasteiger partial charge in [0.25, 0.3) is 0 Å². The second-order valence-electron chi connectivity index (χ2n) is 5.03. The van der Waals surface area contributed by atoms with Crippen molar-refractivity contribution in [3.05, 3.63) is 52.8 Å². The number of nitrogens with one attached hydrogen (secondary N) is 1. The quantitative estimate of drug-likeness (QED) is 0.933. The first kappa shape index (κ1) is 14.0. The highest BCUT2D eigenvalue weighted by Gasteiger charge is 2.22. The molecule has 0 aliphatic carbocycles. The Hall–Kier alpha value is -1.39. The van der Waals surface area contributed by atoms with Crippen LogP contribution < -0.4 is 5.32 Å². The van der Waals surface area contributed by atoms with E-state index in [1.54, 1.807) is 18.5 Å². The van der Waals surface area contributed by atoms with E-state index < -0.39 is 5.82 Å². The van der Waals surface area contributed by atoms with Crippen LogP contribution in [0, 0.1) is 5.82 Å². The molecule has 0 saturated carbocycles. The van der Waals surface area contributed by atoms with Crippen LogP contribution >= 0.6 is 11.6 Å². The minimum absolute atomic E-state index is 0.145. The minimum Gasteiger partial charge on any atom is -0.328 e. The smallest absolute Gasteiger partial charge is 0.141 e. The fourth-order valence-corrected chi connectivity index (χ4v) is 2.13. The molecule has 0 amide bonds. The highest BCUT2D eigenvalue weighted by molar-refractivity contribution is 6.30. The van der Waals surface area contributed by atoms with Crippen LogP contribution in [0.15, 0.2) is 30.7 Å². The molecule has 102 valence electrons. The van der Waals surface area contributed by atoms with Crippen LogP contribution in [0.5, 0.6) is 0 Å². The summed E-state index contributed by atoms with van der Waals surface area (Å²) in [5.41, 5.74) is 1.83. The zero-order valence-electron chi connectivity index (χ0n) is 11.2. The molecule has 2 rings (SSSR count). The van der Waals surface area contributed by atoms with Gasteiger partial charge in [0.2, 0.25) is 0 Å². The van der Waals surface area contributed by atoms with Crippen molar-refractivity contribution >= 4 is 11.6 Å². The lowest BCUT2D eigenvalue weighted by atomic mass is 10.0. The van der Waals surface area contributed by atoms with Gasteiger partial charge in [0, 0.05) is 6.54 Å². The Balaban J connectivity index is 2.29. The molecule has 19 heavy (non-hydrogen) atoms. The van der Waals surface area contributed by atoms with Gasteiger partial charge >= 0.3 is 0 Å². The Morgan fingerprint density at radius 3 is 2.79 bits per heavy atom. The molecule has 0 unspecified atom stereocenters. The number of rotatable bonds is 4. The summed E-state index contributed by atoms with van der Waals surface area (Å²) in [6.07, 6.45) is 3.60. The van der Waals surface area contributed by atoms with Gasteiger partial charge in [-0.2, -0.15) is 0 Å². The Kier molecular flexibility index (Phi) is 3.92. The first-order valence-corrected chi connectivity index (χ1v) is 6.45. The maximum Gasteiger partial charge on any atom is 0.141 e. The summed E-state index contributed by atoms with van der Waals surface area (Å²) in [4.78, 5) is 4.19. The lowest BCUT2D eigenvalue weighted by Crippen LogP contribution is -2.35. The third kappa shape index (κ3) is 2.96. The molecule has 2 aromatic rings. The monoisotopic (exact) mass is 281 g/mol. The van der Waals surface area contributed by atoms with Gasteiger partial charge in [-0.1, -0.05) is 17.7 Å². The summed E-state index contributed by atoms with van der Waals surface area (Å²) >= 11 is 5.80. The first-order chi connectivity index (χ1) is 8.94. The van der Waals surface area contributed by atoms with E-state index in [9.17, 15) is 4.39 Å². The minimum atomic E-state index is -0.396. The van der Waals surface area contributed by atoms with Crippen LogP contribution in [0.1, 0.15) is 25.1 Å². The van der Waals surface area contributed by atoms with Crippen molar-refractivity contribution in [2.75, 3.05) is 7.05 Å². The molecular formula is C14H17ClFN3. The van der Waals surface area contributed by atoms with Crippen LogP contribution in [0.25, 0.3) is 0 Å². The SMILES string of the molecule is CNC(C)(C)c1cncn1Cc1ccc(F)c(Cl)c1. The molecule has 0 atom stereocenters. The molecule has 0 aliphatic rings. The van der Waals surface area contributed by atoms with Gasteiger partial charge in [0.1, 0.15) is 5.82 Å². The average molecular weight is 282 g/mol. The molecule has 0 fully saturated rings. The third-order valence-electron chi connectivity index (χ3n) is 3.31. The molecule has 1 heterocycles. The Morgan fingerprint density at radius 2 is 2.16 bits per heavy atom. The number of nitrogens with zero attached hydrogens (tertiary/aromatic N) is 2. The van der Waals surface area contributed by atoms with E-state index in [1.807, 2.05) is 17.8 Å². The van der Waals surface area contributed by atoms with E-state index >= 15 is 0 Å². The maximum atomic E-state index is 13.1. The fraction of sp³-hybridized carbons (Fsp3) is 0.357. The molecule has 0 bridgehead atoms. The van der Waals surface area contributed by atoms with Crippen molar-refractivity contribution in [3.8, 4) is 0 Å². The van der Waals surface area contributed by atoms with Crippen molar-refractivity contribution in [2.45, 2.75) is 25.9 Å². The van der Waals surface area contributed by atoms with Crippen molar-refractivity contribution in [1.82, 2.24) is 14.9 Å². The fourth-order valence-electron chi connectivity index (χ4n) is 1.93. The van der Waals surface area contributed by atoms with E-state index in [0.717, 1.165) is 11.3 Å². The first-order valence-electron chi connectivity index (χ1n) is 6.07. The largest absolute Gasteiger partial charge is 0.328 e. The second-order valence-corrected chi connectivity index (χ2v) is 5.44. The zero-order valence-corrected chi connectivity index (χ0v) is 12.0. The van der Waals surface area contributed by atoms with Crippen LogP contribution in [0.3, 0.4) is 0 Å². The highest BCUT2D eigenvalue weighted by atomic mass is 35.5. The normalized spacial score (nSPS) is 11.8. The molecule has 0 saturated heterocycles.